The van der Waals surface area contributed by atoms with Gasteiger partial charge in [0.05, 0.1) is 16.3 Å². The standard InChI is InChI=1S/C10H6N2O2S/c13-8-5-9(14)12-6-3-1-2-4-7(6)15-10(12)11-8/h1-5,13H. The minimum atomic E-state index is -0.255. The lowest BCUT2D eigenvalue weighted by molar-refractivity contribution is 0.453. The van der Waals surface area contributed by atoms with E-state index in [1.807, 2.05) is 24.3 Å². The highest BCUT2D eigenvalue weighted by Crippen LogP contribution is 2.23. The molecule has 3 rings (SSSR count). The maximum atomic E-state index is 11.6. The second kappa shape index (κ2) is 2.80. The molecule has 0 atom stereocenters. The zero-order valence-corrected chi connectivity index (χ0v) is 8.36. The normalized spacial score (nSPS) is 11.2. The van der Waals surface area contributed by atoms with Crippen LogP contribution >= 0.6 is 11.3 Å². The van der Waals surface area contributed by atoms with Crippen LogP contribution in [-0.2, 0) is 0 Å². The molecule has 2 heterocycles. The second-order valence-electron chi connectivity index (χ2n) is 3.14. The van der Waals surface area contributed by atoms with Gasteiger partial charge in [0.25, 0.3) is 5.56 Å². The van der Waals surface area contributed by atoms with Gasteiger partial charge in [0, 0.05) is 0 Å². The second-order valence-corrected chi connectivity index (χ2v) is 4.15. The van der Waals surface area contributed by atoms with Gasteiger partial charge in [-0.2, -0.15) is 4.98 Å². The molecule has 0 radical (unpaired) electrons. The van der Waals surface area contributed by atoms with Gasteiger partial charge in [0.15, 0.2) is 0 Å². The van der Waals surface area contributed by atoms with E-state index in [1.165, 1.54) is 15.7 Å². The smallest absolute Gasteiger partial charge is 0.262 e. The van der Waals surface area contributed by atoms with E-state index in [1.54, 1.807) is 0 Å². The lowest BCUT2D eigenvalue weighted by Gasteiger charge is -1.93. The zero-order valence-electron chi connectivity index (χ0n) is 7.54. The molecule has 0 unspecified atom stereocenters. The third kappa shape index (κ3) is 1.13. The minimum absolute atomic E-state index is 0.230. The lowest BCUT2D eigenvalue weighted by atomic mass is 10.3. The van der Waals surface area contributed by atoms with Crippen molar-refractivity contribution in [1.82, 2.24) is 9.38 Å². The molecule has 1 aromatic carbocycles. The quantitative estimate of drug-likeness (QED) is 0.623. The number of hydrogen-bond donors (Lipinski definition) is 1. The number of nitrogens with zero attached hydrogens (tertiary/aromatic N) is 2. The van der Waals surface area contributed by atoms with E-state index in [-0.39, 0.29) is 11.4 Å². The van der Waals surface area contributed by atoms with Crippen molar-refractivity contribution in [2.45, 2.75) is 0 Å². The van der Waals surface area contributed by atoms with E-state index in [0.29, 0.717) is 4.96 Å². The summed E-state index contributed by atoms with van der Waals surface area (Å²) in [5, 5.41) is 9.22. The third-order valence-corrected chi connectivity index (χ3v) is 3.20. The SMILES string of the molecule is O=c1cc(O)nc2sc3ccccc3n12. The number of fused-ring (bicyclic) bond motifs is 3. The first-order valence-electron chi connectivity index (χ1n) is 4.36. The number of aromatic hydroxyl groups is 1. The molecule has 0 spiro atoms. The monoisotopic (exact) mass is 218 g/mol. The van der Waals surface area contributed by atoms with Crippen molar-refractivity contribution < 1.29 is 5.11 Å². The largest absolute Gasteiger partial charge is 0.493 e. The highest BCUT2D eigenvalue weighted by Gasteiger charge is 2.07. The molecule has 0 amide bonds. The van der Waals surface area contributed by atoms with Gasteiger partial charge in [0.2, 0.25) is 10.8 Å². The summed E-state index contributed by atoms with van der Waals surface area (Å²) < 4.78 is 2.48. The van der Waals surface area contributed by atoms with Crippen LogP contribution in [0.4, 0.5) is 0 Å². The maximum absolute atomic E-state index is 11.6. The Morgan fingerprint density at radius 1 is 1.33 bits per heavy atom. The van der Waals surface area contributed by atoms with Crippen molar-refractivity contribution in [3.63, 3.8) is 0 Å². The van der Waals surface area contributed by atoms with Gasteiger partial charge < -0.3 is 5.11 Å². The molecule has 0 aliphatic carbocycles. The molecule has 0 saturated heterocycles. The number of rotatable bonds is 0. The van der Waals surface area contributed by atoms with Gasteiger partial charge in [-0.25, -0.2) is 0 Å². The summed E-state index contributed by atoms with van der Waals surface area (Å²) in [5.41, 5.74) is 0.574. The van der Waals surface area contributed by atoms with Gasteiger partial charge in [-0.1, -0.05) is 23.5 Å². The molecular weight excluding hydrogens is 212 g/mol. The molecule has 0 saturated carbocycles. The van der Waals surface area contributed by atoms with Crippen LogP contribution < -0.4 is 5.56 Å². The third-order valence-electron chi connectivity index (χ3n) is 2.18. The zero-order chi connectivity index (χ0) is 10.4. The van der Waals surface area contributed by atoms with E-state index in [2.05, 4.69) is 4.98 Å². The average molecular weight is 218 g/mol. The van der Waals surface area contributed by atoms with E-state index >= 15 is 0 Å². The number of thiazole rings is 1. The van der Waals surface area contributed by atoms with Crippen LogP contribution in [0.15, 0.2) is 35.1 Å². The first kappa shape index (κ1) is 8.43. The Kier molecular flexibility index (Phi) is 1.58. The molecular formula is C10H6N2O2S. The van der Waals surface area contributed by atoms with E-state index in [0.717, 1.165) is 16.3 Å². The van der Waals surface area contributed by atoms with Crippen molar-refractivity contribution in [2.75, 3.05) is 0 Å². The van der Waals surface area contributed by atoms with Crippen LogP contribution in [0.2, 0.25) is 0 Å². The summed E-state index contributed by atoms with van der Waals surface area (Å²) in [7, 11) is 0. The maximum Gasteiger partial charge on any atom is 0.262 e. The lowest BCUT2D eigenvalue weighted by Crippen LogP contribution is -2.10. The Balaban J connectivity index is 2.67. The van der Waals surface area contributed by atoms with Gasteiger partial charge in [0.1, 0.15) is 0 Å². The van der Waals surface area contributed by atoms with Gasteiger partial charge in [-0.05, 0) is 12.1 Å². The Morgan fingerprint density at radius 3 is 3.00 bits per heavy atom. The van der Waals surface area contributed by atoms with Crippen molar-refractivity contribution in [2.24, 2.45) is 0 Å². The Hall–Kier alpha value is -1.88. The molecule has 0 fully saturated rings. The summed E-state index contributed by atoms with van der Waals surface area (Å²) in [4.78, 5) is 16.1. The summed E-state index contributed by atoms with van der Waals surface area (Å²) in [6, 6.07) is 8.67. The molecule has 0 bridgehead atoms. The van der Waals surface area contributed by atoms with Crippen LogP contribution in [0.3, 0.4) is 0 Å². The number of aromatic nitrogens is 2. The summed E-state index contributed by atoms with van der Waals surface area (Å²) >= 11 is 1.38. The Labute approximate surface area is 88.1 Å². The first-order chi connectivity index (χ1) is 7.25. The van der Waals surface area contributed by atoms with Crippen molar-refractivity contribution >= 4 is 26.5 Å². The van der Waals surface area contributed by atoms with Crippen LogP contribution in [0, 0.1) is 0 Å². The number of para-hydroxylation sites is 1. The molecule has 4 nitrogen and oxygen atoms in total. The fourth-order valence-electron chi connectivity index (χ4n) is 1.57. The molecule has 0 aliphatic heterocycles. The average Bonchev–Trinajstić information content (AvgIpc) is 2.54. The molecule has 2 aromatic heterocycles. The first-order valence-corrected chi connectivity index (χ1v) is 5.18. The fraction of sp³-hybridized carbons (Fsp3) is 0. The van der Waals surface area contributed by atoms with Gasteiger partial charge >= 0.3 is 0 Å². The van der Waals surface area contributed by atoms with Crippen molar-refractivity contribution in [1.29, 1.82) is 0 Å². The van der Waals surface area contributed by atoms with Crippen LogP contribution in [0.1, 0.15) is 0 Å². The summed E-state index contributed by atoms with van der Waals surface area (Å²) in [6.07, 6.45) is 0. The highest BCUT2D eigenvalue weighted by atomic mass is 32.1. The molecule has 74 valence electrons. The van der Waals surface area contributed by atoms with E-state index in [4.69, 9.17) is 0 Å². The minimum Gasteiger partial charge on any atom is -0.493 e. The number of hydrogen-bond acceptors (Lipinski definition) is 4. The van der Waals surface area contributed by atoms with Crippen LogP contribution in [0.25, 0.3) is 15.2 Å². The Bertz CT molecular complexity index is 714. The van der Waals surface area contributed by atoms with E-state index in [9.17, 15) is 9.90 Å². The Morgan fingerprint density at radius 2 is 2.13 bits per heavy atom. The van der Waals surface area contributed by atoms with Crippen molar-refractivity contribution in [3.05, 3.63) is 40.7 Å². The summed E-state index contributed by atoms with van der Waals surface area (Å²) in [5.74, 6) is -0.230. The number of benzene rings is 1. The fourth-order valence-corrected chi connectivity index (χ4v) is 2.59. The van der Waals surface area contributed by atoms with Gasteiger partial charge in [-0.3, -0.25) is 9.20 Å². The molecule has 1 N–H and O–H groups in total. The van der Waals surface area contributed by atoms with E-state index < -0.39 is 0 Å². The predicted molar refractivity (Wildman–Crippen MR) is 58.5 cm³/mol. The van der Waals surface area contributed by atoms with Crippen LogP contribution in [0.5, 0.6) is 5.88 Å². The summed E-state index contributed by atoms with van der Waals surface area (Å²) in [6.45, 7) is 0. The molecule has 0 aliphatic rings. The molecule has 15 heavy (non-hydrogen) atoms. The topological polar surface area (TPSA) is 54.6 Å². The van der Waals surface area contributed by atoms with Crippen molar-refractivity contribution in [3.8, 4) is 5.88 Å². The molecule has 5 heteroatoms. The predicted octanol–water partition coefficient (Wildman–Crippen LogP) is 1.61. The molecule has 3 aromatic rings. The van der Waals surface area contributed by atoms with Gasteiger partial charge in [-0.15, -0.1) is 0 Å². The van der Waals surface area contributed by atoms with Crippen LogP contribution in [-0.4, -0.2) is 14.5 Å². The highest BCUT2D eigenvalue weighted by molar-refractivity contribution is 7.23.